The number of ether oxygens (including phenoxy) is 1. The number of esters is 1. The van der Waals surface area contributed by atoms with E-state index in [0.717, 1.165) is 6.92 Å². The van der Waals surface area contributed by atoms with E-state index in [4.69, 9.17) is 4.74 Å². The average Bonchev–Trinajstić information content (AvgIpc) is 2.53. The van der Waals surface area contributed by atoms with E-state index in [1.807, 2.05) is 26.8 Å². The quantitative estimate of drug-likeness (QED) is 0.612. The molecular formula is C20H19NO5. The van der Waals surface area contributed by atoms with Crippen molar-refractivity contribution in [3.8, 4) is 11.4 Å². The summed E-state index contributed by atoms with van der Waals surface area (Å²) in [7, 11) is 0. The molecule has 1 atom stereocenters. The molecule has 0 fully saturated rings. The summed E-state index contributed by atoms with van der Waals surface area (Å²) in [5.74, 6) is -4.05. The number of Topliss-reactive ketones (excluding diaryl/α,β-unsaturated/α-hetero) is 2. The van der Waals surface area contributed by atoms with Crippen LogP contribution in [0.25, 0.3) is 5.69 Å². The van der Waals surface area contributed by atoms with Crippen molar-refractivity contribution in [2.24, 2.45) is 5.92 Å². The maximum atomic E-state index is 13.2. The first-order valence-electron chi connectivity index (χ1n) is 8.25. The minimum absolute atomic E-state index is 0.0837. The predicted octanol–water partition coefficient (Wildman–Crippen LogP) is 2.44. The number of pyridine rings is 1. The molecule has 6 heteroatoms. The Labute approximate surface area is 150 Å². The molecule has 2 aromatic rings. The van der Waals surface area contributed by atoms with Crippen LogP contribution in [0.15, 0.2) is 41.2 Å². The van der Waals surface area contributed by atoms with Gasteiger partial charge in [0, 0.05) is 22.9 Å². The van der Waals surface area contributed by atoms with E-state index < -0.39 is 34.4 Å². The first-order valence-corrected chi connectivity index (χ1v) is 8.25. The molecule has 3 rings (SSSR count). The topological polar surface area (TPSA) is 82.4 Å². The number of hydrogen-bond acceptors (Lipinski definition) is 5. The van der Waals surface area contributed by atoms with Gasteiger partial charge in [-0.1, -0.05) is 39.0 Å². The lowest BCUT2D eigenvalue weighted by atomic mass is 9.87. The zero-order chi connectivity index (χ0) is 19.2. The summed E-state index contributed by atoms with van der Waals surface area (Å²) >= 11 is 0. The molecule has 1 unspecified atom stereocenters. The van der Waals surface area contributed by atoms with Gasteiger partial charge in [-0.25, -0.2) is 0 Å². The number of nitrogens with zero attached hydrogens (tertiary/aromatic N) is 1. The van der Waals surface area contributed by atoms with Gasteiger partial charge in [-0.3, -0.25) is 23.7 Å². The van der Waals surface area contributed by atoms with Gasteiger partial charge in [-0.05, 0) is 19.1 Å². The zero-order valence-corrected chi connectivity index (χ0v) is 15.0. The van der Waals surface area contributed by atoms with Gasteiger partial charge >= 0.3 is 5.97 Å². The lowest BCUT2D eigenvalue weighted by molar-refractivity contribution is -0.141. The number of ketones is 2. The van der Waals surface area contributed by atoms with Crippen molar-refractivity contribution < 1.29 is 19.1 Å². The second-order valence-corrected chi connectivity index (χ2v) is 7.32. The Morgan fingerprint density at radius 1 is 1.08 bits per heavy atom. The van der Waals surface area contributed by atoms with E-state index in [9.17, 15) is 19.2 Å². The number of aromatic nitrogens is 1. The van der Waals surface area contributed by atoms with Gasteiger partial charge in [0.05, 0.1) is 0 Å². The van der Waals surface area contributed by atoms with E-state index in [1.165, 1.54) is 10.6 Å². The van der Waals surface area contributed by atoms with Crippen LogP contribution in [-0.4, -0.2) is 22.1 Å². The van der Waals surface area contributed by atoms with Gasteiger partial charge in [0.1, 0.15) is 11.3 Å². The summed E-state index contributed by atoms with van der Waals surface area (Å²) in [6.07, 6.45) is 0. The third-order valence-electron chi connectivity index (χ3n) is 4.32. The van der Waals surface area contributed by atoms with Gasteiger partial charge in [0.2, 0.25) is 0 Å². The van der Waals surface area contributed by atoms with Crippen LogP contribution in [0.5, 0.6) is 5.75 Å². The van der Waals surface area contributed by atoms with Gasteiger partial charge in [0.25, 0.3) is 5.56 Å². The Balaban J connectivity index is 2.37. The third-order valence-corrected chi connectivity index (χ3v) is 4.32. The zero-order valence-electron chi connectivity index (χ0n) is 15.0. The van der Waals surface area contributed by atoms with Crippen LogP contribution in [0.2, 0.25) is 0 Å². The molecule has 26 heavy (non-hydrogen) atoms. The maximum absolute atomic E-state index is 13.2. The molecule has 0 saturated heterocycles. The highest BCUT2D eigenvalue weighted by Crippen LogP contribution is 2.32. The first-order chi connectivity index (χ1) is 12.1. The number of hydrogen-bond donors (Lipinski definition) is 0. The SMILES string of the molecule is CC(=O)C1C(=O)Oc2cc(C(C)(C)C)n(-c3ccccc3)c(=O)c2C1=O. The first kappa shape index (κ1) is 17.8. The third kappa shape index (κ3) is 2.77. The lowest BCUT2D eigenvalue weighted by Crippen LogP contribution is -2.43. The average molecular weight is 353 g/mol. The molecule has 0 spiro atoms. The van der Waals surface area contributed by atoms with Crippen LogP contribution < -0.4 is 10.3 Å². The van der Waals surface area contributed by atoms with Gasteiger partial charge in [-0.2, -0.15) is 0 Å². The summed E-state index contributed by atoms with van der Waals surface area (Å²) in [5, 5.41) is 0. The monoisotopic (exact) mass is 353 g/mol. The van der Waals surface area contributed by atoms with E-state index >= 15 is 0 Å². The Hall–Kier alpha value is -3.02. The van der Waals surface area contributed by atoms with Crippen LogP contribution in [0, 0.1) is 5.92 Å². The van der Waals surface area contributed by atoms with Crippen molar-refractivity contribution >= 4 is 17.5 Å². The molecule has 1 aromatic carbocycles. The van der Waals surface area contributed by atoms with Crippen LogP contribution in [0.1, 0.15) is 43.7 Å². The summed E-state index contributed by atoms with van der Waals surface area (Å²) in [6, 6.07) is 10.4. The number of carbonyl (C=O) groups excluding carboxylic acids is 3. The van der Waals surface area contributed by atoms with Crippen LogP contribution in [-0.2, 0) is 15.0 Å². The summed E-state index contributed by atoms with van der Waals surface area (Å²) in [5.41, 5.74) is -0.135. The van der Waals surface area contributed by atoms with Crippen molar-refractivity contribution in [2.45, 2.75) is 33.1 Å². The molecule has 0 aliphatic carbocycles. The van der Waals surface area contributed by atoms with E-state index in [-0.39, 0.29) is 11.3 Å². The van der Waals surface area contributed by atoms with E-state index in [2.05, 4.69) is 0 Å². The molecule has 1 aliphatic rings. The fourth-order valence-corrected chi connectivity index (χ4v) is 3.05. The molecule has 0 radical (unpaired) electrons. The van der Waals surface area contributed by atoms with Crippen molar-refractivity contribution in [1.29, 1.82) is 0 Å². The molecule has 2 heterocycles. The number of carbonyl (C=O) groups is 3. The Morgan fingerprint density at radius 3 is 2.23 bits per heavy atom. The standard InChI is InChI=1S/C20H19NO5/c1-11(22)15-17(23)16-13(26-19(15)25)10-14(20(2,3)4)21(18(16)24)12-8-6-5-7-9-12/h5-10,15H,1-4H3. The molecule has 0 amide bonds. The smallest absolute Gasteiger partial charge is 0.329 e. The largest absolute Gasteiger partial charge is 0.425 e. The van der Waals surface area contributed by atoms with Crippen molar-refractivity contribution in [1.82, 2.24) is 4.57 Å². The Kier molecular flexibility index (Phi) is 4.14. The minimum atomic E-state index is -1.58. The van der Waals surface area contributed by atoms with Gasteiger partial charge < -0.3 is 4.74 Å². The van der Waals surface area contributed by atoms with Crippen molar-refractivity contribution in [3.63, 3.8) is 0 Å². The molecule has 0 bridgehead atoms. The number of rotatable bonds is 2. The summed E-state index contributed by atoms with van der Waals surface area (Å²) in [6.45, 7) is 6.88. The highest BCUT2D eigenvalue weighted by molar-refractivity contribution is 6.24. The normalized spacial score (nSPS) is 16.8. The number of benzene rings is 1. The van der Waals surface area contributed by atoms with Crippen LogP contribution in [0.4, 0.5) is 0 Å². The second kappa shape index (κ2) is 6.05. The maximum Gasteiger partial charge on any atom is 0.329 e. The van der Waals surface area contributed by atoms with Crippen molar-refractivity contribution in [3.05, 3.63) is 58.0 Å². The second-order valence-electron chi connectivity index (χ2n) is 7.32. The highest BCUT2D eigenvalue weighted by atomic mass is 16.5. The summed E-state index contributed by atoms with van der Waals surface area (Å²) in [4.78, 5) is 49.7. The molecule has 6 nitrogen and oxygen atoms in total. The Bertz CT molecular complexity index is 980. The van der Waals surface area contributed by atoms with E-state index in [1.54, 1.807) is 24.3 Å². The van der Waals surface area contributed by atoms with E-state index in [0.29, 0.717) is 11.4 Å². The lowest BCUT2D eigenvalue weighted by Gasteiger charge is -2.28. The molecule has 0 saturated carbocycles. The van der Waals surface area contributed by atoms with Gasteiger partial charge in [-0.15, -0.1) is 0 Å². The molecule has 1 aliphatic heterocycles. The Morgan fingerprint density at radius 2 is 1.69 bits per heavy atom. The fourth-order valence-electron chi connectivity index (χ4n) is 3.05. The minimum Gasteiger partial charge on any atom is -0.425 e. The van der Waals surface area contributed by atoms with Crippen LogP contribution in [0.3, 0.4) is 0 Å². The fraction of sp³-hybridized carbons (Fsp3) is 0.300. The highest BCUT2D eigenvalue weighted by Gasteiger charge is 2.43. The number of fused-ring (bicyclic) bond motifs is 1. The molecular weight excluding hydrogens is 334 g/mol. The molecule has 134 valence electrons. The van der Waals surface area contributed by atoms with Crippen molar-refractivity contribution in [2.75, 3.05) is 0 Å². The molecule has 0 N–H and O–H groups in total. The molecule has 1 aromatic heterocycles. The summed E-state index contributed by atoms with van der Waals surface area (Å²) < 4.78 is 6.63. The van der Waals surface area contributed by atoms with Gasteiger partial charge in [0.15, 0.2) is 17.5 Å². The number of para-hydroxylation sites is 1. The predicted molar refractivity (Wildman–Crippen MR) is 94.9 cm³/mol. The van der Waals surface area contributed by atoms with Crippen LogP contribution >= 0.6 is 0 Å².